The lowest BCUT2D eigenvalue weighted by Crippen LogP contribution is -2.38. The van der Waals surface area contributed by atoms with Crippen molar-refractivity contribution in [2.45, 2.75) is 20.4 Å². The van der Waals surface area contributed by atoms with Crippen LogP contribution in [-0.4, -0.2) is 27.5 Å². The van der Waals surface area contributed by atoms with E-state index in [0.717, 1.165) is 28.2 Å². The molecule has 0 atom stereocenters. The van der Waals surface area contributed by atoms with E-state index in [4.69, 9.17) is 9.72 Å². The maximum atomic E-state index is 12.7. The number of aromatic nitrogens is 3. The molecule has 1 aliphatic rings. The number of pyridine rings is 1. The van der Waals surface area contributed by atoms with E-state index in [0.29, 0.717) is 18.2 Å². The zero-order valence-corrected chi connectivity index (χ0v) is 18.4. The first-order chi connectivity index (χ1) is 16.0. The van der Waals surface area contributed by atoms with E-state index in [-0.39, 0.29) is 12.5 Å². The molecule has 1 aliphatic heterocycles. The summed E-state index contributed by atoms with van der Waals surface area (Å²) in [6, 6.07) is 17.7. The molecule has 1 amide bonds. The highest BCUT2D eigenvalue weighted by Crippen LogP contribution is 2.36. The standard InChI is InChI=1S/C26H23N5O2/c1-17-11-18(2)13-21(12-17)29-26-28-10-7-22(30-26)20-3-4-24-23(14-20)31(25(32)16-33-24)15-19-5-8-27-9-6-19/h3-14H,15-16H2,1-2H3,(H,28,29,30). The predicted molar refractivity (Wildman–Crippen MR) is 128 cm³/mol. The van der Waals surface area contributed by atoms with E-state index in [1.165, 1.54) is 11.1 Å². The van der Waals surface area contributed by atoms with Crippen LogP contribution in [0.4, 0.5) is 17.3 Å². The number of nitrogens with one attached hydrogen (secondary N) is 1. The summed E-state index contributed by atoms with van der Waals surface area (Å²) < 4.78 is 5.67. The Bertz CT molecular complexity index is 1300. The Morgan fingerprint density at radius 3 is 2.55 bits per heavy atom. The molecule has 0 unspecified atom stereocenters. The zero-order valence-electron chi connectivity index (χ0n) is 18.4. The minimum Gasteiger partial charge on any atom is -0.482 e. The molecule has 0 fully saturated rings. The highest BCUT2D eigenvalue weighted by Gasteiger charge is 2.26. The van der Waals surface area contributed by atoms with Crippen LogP contribution in [0.1, 0.15) is 16.7 Å². The molecule has 164 valence electrons. The maximum absolute atomic E-state index is 12.7. The molecular weight excluding hydrogens is 414 g/mol. The van der Waals surface area contributed by atoms with Gasteiger partial charge in [-0.15, -0.1) is 0 Å². The van der Waals surface area contributed by atoms with Crippen LogP contribution in [-0.2, 0) is 11.3 Å². The lowest BCUT2D eigenvalue weighted by molar-refractivity contribution is -0.121. The predicted octanol–water partition coefficient (Wildman–Crippen LogP) is 4.82. The van der Waals surface area contributed by atoms with Crippen molar-refractivity contribution >= 4 is 23.2 Å². The first kappa shape index (κ1) is 20.6. The molecule has 0 bridgehead atoms. The normalized spacial score (nSPS) is 12.8. The first-order valence-corrected chi connectivity index (χ1v) is 10.7. The Hall–Kier alpha value is -4.26. The van der Waals surface area contributed by atoms with Gasteiger partial charge in [-0.2, -0.15) is 0 Å². The van der Waals surface area contributed by atoms with Gasteiger partial charge < -0.3 is 15.0 Å². The number of aryl methyl sites for hydroxylation is 2. The quantitative estimate of drug-likeness (QED) is 0.482. The Kier molecular flexibility index (Phi) is 5.44. The fourth-order valence-electron chi connectivity index (χ4n) is 3.96. The second-order valence-electron chi connectivity index (χ2n) is 8.07. The minimum atomic E-state index is -0.0867. The third kappa shape index (κ3) is 4.52. The number of fused-ring (bicyclic) bond motifs is 1. The van der Waals surface area contributed by atoms with Crippen molar-refractivity contribution in [3.05, 3.63) is 89.9 Å². The van der Waals surface area contributed by atoms with Crippen molar-refractivity contribution in [3.63, 3.8) is 0 Å². The van der Waals surface area contributed by atoms with Gasteiger partial charge in [0.2, 0.25) is 5.95 Å². The van der Waals surface area contributed by atoms with Crippen LogP contribution in [0.2, 0.25) is 0 Å². The molecule has 0 radical (unpaired) electrons. The number of rotatable bonds is 5. The van der Waals surface area contributed by atoms with Gasteiger partial charge in [0.25, 0.3) is 5.91 Å². The lowest BCUT2D eigenvalue weighted by atomic mass is 10.1. The highest BCUT2D eigenvalue weighted by atomic mass is 16.5. The van der Waals surface area contributed by atoms with E-state index in [1.807, 2.05) is 36.4 Å². The molecule has 0 saturated heterocycles. The third-order valence-electron chi connectivity index (χ3n) is 5.42. The summed E-state index contributed by atoms with van der Waals surface area (Å²) >= 11 is 0. The van der Waals surface area contributed by atoms with Crippen LogP contribution < -0.4 is 15.0 Å². The zero-order chi connectivity index (χ0) is 22.8. The Labute approximate surface area is 192 Å². The van der Waals surface area contributed by atoms with Crippen LogP contribution in [0.15, 0.2) is 73.2 Å². The topological polar surface area (TPSA) is 80.2 Å². The number of hydrogen-bond acceptors (Lipinski definition) is 6. The van der Waals surface area contributed by atoms with Gasteiger partial charge >= 0.3 is 0 Å². The fraction of sp³-hybridized carbons (Fsp3) is 0.154. The van der Waals surface area contributed by atoms with Crippen molar-refractivity contribution in [2.24, 2.45) is 0 Å². The van der Waals surface area contributed by atoms with Crippen molar-refractivity contribution in [2.75, 3.05) is 16.8 Å². The van der Waals surface area contributed by atoms with Crippen molar-refractivity contribution in [3.8, 4) is 17.0 Å². The number of amides is 1. The maximum Gasteiger partial charge on any atom is 0.265 e. The molecule has 2 aromatic heterocycles. The third-order valence-corrected chi connectivity index (χ3v) is 5.42. The van der Waals surface area contributed by atoms with Crippen molar-refractivity contribution in [1.29, 1.82) is 0 Å². The summed E-state index contributed by atoms with van der Waals surface area (Å²) in [4.78, 5) is 27.5. The molecule has 7 heteroatoms. The van der Waals surface area contributed by atoms with E-state index >= 15 is 0 Å². The number of anilines is 3. The Balaban J connectivity index is 1.46. The van der Waals surface area contributed by atoms with Gasteiger partial charge in [-0.1, -0.05) is 6.07 Å². The summed E-state index contributed by atoms with van der Waals surface area (Å²) in [5, 5.41) is 3.29. The first-order valence-electron chi connectivity index (χ1n) is 10.7. The Morgan fingerprint density at radius 1 is 0.970 bits per heavy atom. The van der Waals surface area contributed by atoms with Gasteiger partial charge in [0.15, 0.2) is 6.61 Å². The average molecular weight is 438 g/mol. The molecule has 0 aliphatic carbocycles. The molecule has 2 aromatic carbocycles. The van der Waals surface area contributed by atoms with E-state index in [1.54, 1.807) is 23.5 Å². The van der Waals surface area contributed by atoms with Crippen LogP contribution >= 0.6 is 0 Å². The molecule has 0 saturated carbocycles. The van der Waals surface area contributed by atoms with Crippen molar-refractivity contribution < 1.29 is 9.53 Å². The smallest absolute Gasteiger partial charge is 0.265 e. The SMILES string of the molecule is Cc1cc(C)cc(Nc2nccc(-c3ccc4c(c3)N(Cc3ccncc3)C(=O)CO4)n2)c1. The molecule has 33 heavy (non-hydrogen) atoms. The van der Waals surface area contributed by atoms with Crippen LogP contribution in [0.3, 0.4) is 0 Å². The fourth-order valence-corrected chi connectivity index (χ4v) is 3.96. The monoisotopic (exact) mass is 437 g/mol. The Morgan fingerprint density at radius 2 is 1.76 bits per heavy atom. The summed E-state index contributed by atoms with van der Waals surface area (Å²) in [6.07, 6.45) is 5.18. The highest BCUT2D eigenvalue weighted by molar-refractivity contribution is 5.98. The second-order valence-corrected chi connectivity index (χ2v) is 8.07. The van der Waals surface area contributed by atoms with Gasteiger partial charge in [0, 0.05) is 29.8 Å². The minimum absolute atomic E-state index is 0.0227. The van der Waals surface area contributed by atoms with Crippen molar-refractivity contribution in [1.82, 2.24) is 15.0 Å². The number of ether oxygens (including phenoxy) is 1. The largest absolute Gasteiger partial charge is 0.482 e. The van der Waals surface area contributed by atoms with Gasteiger partial charge in [0.05, 0.1) is 17.9 Å². The van der Waals surface area contributed by atoms with Crippen LogP contribution in [0.5, 0.6) is 5.75 Å². The van der Waals surface area contributed by atoms with E-state index in [2.05, 4.69) is 47.3 Å². The molecule has 4 aromatic rings. The molecule has 5 rings (SSSR count). The van der Waals surface area contributed by atoms with Gasteiger partial charge in [-0.25, -0.2) is 9.97 Å². The van der Waals surface area contributed by atoms with Crippen LogP contribution in [0, 0.1) is 13.8 Å². The van der Waals surface area contributed by atoms with E-state index in [9.17, 15) is 4.79 Å². The second kappa shape index (κ2) is 8.70. The van der Waals surface area contributed by atoms with Gasteiger partial charge in [-0.3, -0.25) is 9.78 Å². The molecule has 3 heterocycles. The van der Waals surface area contributed by atoms with E-state index < -0.39 is 0 Å². The summed E-state index contributed by atoms with van der Waals surface area (Å²) in [6.45, 7) is 4.59. The number of hydrogen-bond donors (Lipinski definition) is 1. The molecular formula is C26H23N5O2. The summed E-state index contributed by atoms with van der Waals surface area (Å²) in [5.41, 5.74) is 6.63. The lowest BCUT2D eigenvalue weighted by Gasteiger charge is -2.30. The number of benzene rings is 2. The summed E-state index contributed by atoms with van der Waals surface area (Å²) in [7, 11) is 0. The number of nitrogens with zero attached hydrogens (tertiary/aromatic N) is 4. The molecule has 7 nitrogen and oxygen atoms in total. The van der Waals surface area contributed by atoms with Crippen LogP contribution in [0.25, 0.3) is 11.3 Å². The van der Waals surface area contributed by atoms with Gasteiger partial charge in [-0.05, 0) is 79.1 Å². The number of carbonyl (C=O) groups excluding carboxylic acids is 1. The number of carbonyl (C=O) groups is 1. The summed E-state index contributed by atoms with van der Waals surface area (Å²) in [5.74, 6) is 1.10. The molecule has 0 spiro atoms. The molecule has 1 N–H and O–H groups in total. The van der Waals surface area contributed by atoms with Gasteiger partial charge in [0.1, 0.15) is 5.75 Å². The average Bonchev–Trinajstić information content (AvgIpc) is 2.81.